The van der Waals surface area contributed by atoms with E-state index in [1.165, 1.54) is 0 Å². The molecule has 154 valence electrons. The van der Waals surface area contributed by atoms with Gasteiger partial charge in [-0.1, -0.05) is 38.1 Å². The van der Waals surface area contributed by atoms with Crippen molar-refractivity contribution in [2.75, 3.05) is 11.9 Å². The summed E-state index contributed by atoms with van der Waals surface area (Å²) in [6.45, 7) is 4.61. The van der Waals surface area contributed by atoms with Gasteiger partial charge in [-0.15, -0.1) is 0 Å². The number of hydrogen-bond acceptors (Lipinski definition) is 4. The fourth-order valence-electron chi connectivity index (χ4n) is 4.30. The zero-order chi connectivity index (χ0) is 21.3. The van der Waals surface area contributed by atoms with Crippen LogP contribution < -0.4 is 10.1 Å². The third-order valence-corrected chi connectivity index (χ3v) is 5.97. The van der Waals surface area contributed by atoms with Gasteiger partial charge in [0.15, 0.2) is 6.10 Å². The first-order chi connectivity index (χ1) is 14.4. The lowest BCUT2D eigenvalue weighted by molar-refractivity contribution is -0.122. The number of para-hydroxylation sites is 1. The monoisotopic (exact) mass is 403 g/mol. The second-order valence-electron chi connectivity index (χ2n) is 8.61. The summed E-state index contributed by atoms with van der Waals surface area (Å²) in [5.74, 6) is 0.302. The predicted octanol–water partition coefficient (Wildman–Crippen LogP) is 3.78. The number of benzene rings is 2. The minimum atomic E-state index is -0.590. The zero-order valence-electron chi connectivity index (χ0n) is 17.2. The molecule has 6 nitrogen and oxygen atoms in total. The van der Waals surface area contributed by atoms with Crippen LogP contribution in [0.4, 0.5) is 5.69 Å². The lowest BCUT2D eigenvalue weighted by Gasteiger charge is -2.42. The number of carbonyl (C=O) groups excluding carboxylic acids is 2. The van der Waals surface area contributed by atoms with Crippen molar-refractivity contribution in [3.8, 4) is 11.8 Å². The molecule has 2 aliphatic rings. The Morgan fingerprint density at radius 2 is 2.00 bits per heavy atom. The molecule has 2 unspecified atom stereocenters. The van der Waals surface area contributed by atoms with Crippen molar-refractivity contribution in [1.82, 2.24) is 4.90 Å². The topological polar surface area (TPSA) is 82.4 Å². The van der Waals surface area contributed by atoms with Crippen LogP contribution in [0.25, 0.3) is 0 Å². The van der Waals surface area contributed by atoms with E-state index in [0.29, 0.717) is 24.2 Å². The lowest BCUT2D eigenvalue weighted by atomic mass is 9.77. The smallest absolute Gasteiger partial charge is 0.265 e. The molecule has 1 fully saturated rings. The van der Waals surface area contributed by atoms with Gasteiger partial charge in [0.1, 0.15) is 11.8 Å². The first-order valence-electron chi connectivity index (χ1n) is 10.2. The number of nitriles is 1. The van der Waals surface area contributed by atoms with Crippen molar-refractivity contribution < 1.29 is 14.3 Å². The summed E-state index contributed by atoms with van der Waals surface area (Å²) >= 11 is 0. The minimum Gasteiger partial charge on any atom is -0.480 e. The average molecular weight is 403 g/mol. The lowest BCUT2D eigenvalue weighted by Crippen LogP contribution is -2.51. The highest BCUT2D eigenvalue weighted by Crippen LogP contribution is 2.35. The number of likely N-dealkylation sites (tertiary alicyclic amines) is 1. The zero-order valence-corrected chi connectivity index (χ0v) is 17.2. The molecule has 6 heteroatoms. The number of rotatable bonds is 3. The molecule has 2 amide bonds. The summed E-state index contributed by atoms with van der Waals surface area (Å²) < 4.78 is 5.74. The molecule has 2 aromatic rings. The van der Waals surface area contributed by atoms with Crippen LogP contribution in [0.2, 0.25) is 0 Å². The van der Waals surface area contributed by atoms with Crippen LogP contribution in [0.3, 0.4) is 0 Å². The molecule has 30 heavy (non-hydrogen) atoms. The molecule has 2 aromatic carbocycles. The predicted molar refractivity (Wildman–Crippen MR) is 113 cm³/mol. The maximum Gasteiger partial charge on any atom is 0.265 e. The van der Waals surface area contributed by atoms with Crippen molar-refractivity contribution in [3.05, 3.63) is 59.7 Å². The molecular formula is C24H25N3O3. The van der Waals surface area contributed by atoms with Gasteiger partial charge in [-0.05, 0) is 48.1 Å². The second kappa shape index (κ2) is 7.83. The highest BCUT2D eigenvalue weighted by atomic mass is 16.5. The van der Waals surface area contributed by atoms with Crippen LogP contribution in [0.1, 0.15) is 42.6 Å². The van der Waals surface area contributed by atoms with Gasteiger partial charge in [-0.3, -0.25) is 9.59 Å². The van der Waals surface area contributed by atoms with E-state index in [-0.39, 0.29) is 17.2 Å². The molecule has 0 aromatic heterocycles. The van der Waals surface area contributed by atoms with Crippen molar-refractivity contribution >= 4 is 17.5 Å². The fraction of sp³-hybridized carbons (Fsp3) is 0.375. The fourth-order valence-corrected chi connectivity index (χ4v) is 4.30. The first-order valence-corrected chi connectivity index (χ1v) is 10.2. The van der Waals surface area contributed by atoms with Crippen LogP contribution in [0, 0.1) is 16.7 Å². The number of piperidine rings is 1. The molecule has 2 aliphatic heterocycles. The van der Waals surface area contributed by atoms with Gasteiger partial charge < -0.3 is 15.0 Å². The number of nitrogens with one attached hydrogen (secondary N) is 1. The SMILES string of the molecule is CC1(C)CCCN(C(=O)c2cccc(NC(=O)C3Cc4ccccc4O3)c2)C1C#N. The molecule has 2 atom stereocenters. The molecule has 0 spiro atoms. The number of fused-ring (bicyclic) bond motifs is 1. The van der Waals surface area contributed by atoms with Gasteiger partial charge in [0.05, 0.1) is 6.07 Å². The molecule has 0 saturated carbocycles. The van der Waals surface area contributed by atoms with E-state index in [2.05, 4.69) is 11.4 Å². The van der Waals surface area contributed by atoms with Crippen LogP contribution in [-0.2, 0) is 11.2 Å². The van der Waals surface area contributed by atoms with E-state index in [4.69, 9.17) is 4.74 Å². The Balaban J connectivity index is 1.47. The Hall–Kier alpha value is -3.33. The standard InChI is InChI=1S/C24H25N3O3/c1-24(2)11-6-12-27(21(24)15-25)23(29)17-8-5-9-18(13-17)26-22(28)20-14-16-7-3-4-10-19(16)30-20/h3-5,7-10,13,20-21H,6,11-12,14H2,1-2H3,(H,26,28). The van der Waals surface area contributed by atoms with E-state index < -0.39 is 12.1 Å². The van der Waals surface area contributed by atoms with Crippen molar-refractivity contribution in [2.24, 2.45) is 5.41 Å². The first kappa shape index (κ1) is 20.0. The number of nitrogens with zero attached hydrogens (tertiary/aromatic N) is 2. The van der Waals surface area contributed by atoms with E-state index in [1.807, 2.05) is 38.1 Å². The van der Waals surface area contributed by atoms with Crippen molar-refractivity contribution in [2.45, 2.75) is 45.3 Å². The van der Waals surface area contributed by atoms with Crippen molar-refractivity contribution in [3.63, 3.8) is 0 Å². The molecule has 1 N–H and O–H groups in total. The molecular weight excluding hydrogens is 378 g/mol. The highest BCUT2D eigenvalue weighted by Gasteiger charge is 2.40. The Kier molecular flexibility index (Phi) is 5.21. The van der Waals surface area contributed by atoms with E-state index in [1.54, 1.807) is 29.2 Å². The molecule has 1 saturated heterocycles. The van der Waals surface area contributed by atoms with Gasteiger partial charge in [0.2, 0.25) is 0 Å². The van der Waals surface area contributed by atoms with Gasteiger partial charge >= 0.3 is 0 Å². The minimum absolute atomic E-state index is 0.185. The summed E-state index contributed by atoms with van der Waals surface area (Å²) in [6, 6.07) is 16.3. The van der Waals surface area contributed by atoms with Gasteiger partial charge in [-0.2, -0.15) is 5.26 Å². The summed E-state index contributed by atoms with van der Waals surface area (Å²) in [7, 11) is 0. The third-order valence-electron chi connectivity index (χ3n) is 5.97. The Morgan fingerprint density at radius 1 is 1.20 bits per heavy atom. The van der Waals surface area contributed by atoms with Crippen LogP contribution in [0.15, 0.2) is 48.5 Å². The van der Waals surface area contributed by atoms with Gasteiger partial charge in [0, 0.05) is 24.2 Å². The van der Waals surface area contributed by atoms with E-state index >= 15 is 0 Å². The molecule has 0 bridgehead atoms. The molecule has 4 rings (SSSR count). The normalized spacial score (nSPS) is 21.8. The number of ether oxygens (including phenoxy) is 1. The third kappa shape index (κ3) is 3.76. The Bertz CT molecular complexity index is 999. The molecule has 0 aliphatic carbocycles. The summed E-state index contributed by atoms with van der Waals surface area (Å²) in [5.41, 5.74) is 1.76. The van der Waals surface area contributed by atoms with Crippen LogP contribution in [-0.4, -0.2) is 35.4 Å². The molecule has 2 heterocycles. The summed E-state index contributed by atoms with van der Waals surface area (Å²) in [4.78, 5) is 27.5. The second-order valence-corrected chi connectivity index (χ2v) is 8.61. The van der Waals surface area contributed by atoms with E-state index in [0.717, 1.165) is 24.2 Å². The van der Waals surface area contributed by atoms with Crippen molar-refractivity contribution in [1.29, 1.82) is 5.26 Å². The Morgan fingerprint density at radius 3 is 2.77 bits per heavy atom. The summed E-state index contributed by atoms with van der Waals surface area (Å²) in [5, 5.41) is 12.5. The number of hydrogen-bond donors (Lipinski definition) is 1. The van der Waals surface area contributed by atoms with Crippen LogP contribution >= 0.6 is 0 Å². The maximum absolute atomic E-state index is 13.1. The number of amides is 2. The number of carbonyl (C=O) groups is 2. The van der Waals surface area contributed by atoms with Gasteiger partial charge in [-0.25, -0.2) is 0 Å². The Labute approximate surface area is 176 Å². The van der Waals surface area contributed by atoms with Crippen LogP contribution in [0.5, 0.6) is 5.75 Å². The highest BCUT2D eigenvalue weighted by molar-refractivity contribution is 5.99. The summed E-state index contributed by atoms with van der Waals surface area (Å²) in [6.07, 6.45) is 1.71. The quantitative estimate of drug-likeness (QED) is 0.845. The average Bonchev–Trinajstić information content (AvgIpc) is 3.17. The van der Waals surface area contributed by atoms with Gasteiger partial charge in [0.25, 0.3) is 11.8 Å². The largest absolute Gasteiger partial charge is 0.480 e. The maximum atomic E-state index is 13.1. The van der Waals surface area contributed by atoms with E-state index in [9.17, 15) is 14.9 Å². The number of anilines is 1. The molecule has 0 radical (unpaired) electrons.